The zero-order chi connectivity index (χ0) is 23.8. The van der Waals surface area contributed by atoms with Crippen molar-refractivity contribution in [1.29, 1.82) is 0 Å². The van der Waals surface area contributed by atoms with Crippen LogP contribution in [-0.2, 0) is 17.6 Å². The van der Waals surface area contributed by atoms with Crippen molar-refractivity contribution < 1.29 is 4.79 Å². The van der Waals surface area contributed by atoms with Gasteiger partial charge in [-0.2, -0.15) is 0 Å². The zero-order valence-corrected chi connectivity index (χ0v) is 20.4. The third kappa shape index (κ3) is 4.49. The number of rotatable bonds is 3. The molecule has 0 saturated carbocycles. The van der Waals surface area contributed by atoms with Crippen LogP contribution in [0.15, 0.2) is 72.3 Å². The topological polar surface area (TPSA) is 32.3 Å². The van der Waals surface area contributed by atoms with Gasteiger partial charge in [-0.15, -0.1) is 0 Å². The highest BCUT2D eigenvalue weighted by Gasteiger charge is 2.27. The Kier molecular flexibility index (Phi) is 5.87. The fraction of sp³-hybridized carbons (Fsp3) is 0.281. The predicted molar refractivity (Wildman–Crippen MR) is 145 cm³/mol. The summed E-state index contributed by atoms with van der Waals surface area (Å²) in [6.45, 7) is 4.97. The molecule has 3 nitrogen and oxygen atoms in total. The van der Waals surface area contributed by atoms with E-state index in [2.05, 4.69) is 83.0 Å². The van der Waals surface area contributed by atoms with Gasteiger partial charge in [0.05, 0.1) is 0 Å². The SMILES string of the molecule is CC(=O)Nc1ccc2c(c1)CC(CN1CCC(=C3c4ccccc4C=Cc4ccccc43)CC1)C2. The number of hydrogen-bond acceptors (Lipinski definition) is 2. The molecule has 0 spiro atoms. The van der Waals surface area contributed by atoms with Gasteiger partial charge in [-0.1, -0.05) is 72.3 Å². The Hall–Kier alpha value is -3.43. The fourth-order valence-corrected chi connectivity index (χ4v) is 6.19. The van der Waals surface area contributed by atoms with E-state index < -0.39 is 0 Å². The lowest BCUT2D eigenvalue weighted by molar-refractivity contribution is -0.114. The molecule has 1 N–H and O–H groups in total. The lowest BCUT2D eigenvalue weighted by atomic mass is 9.86. The molecule has 1 amide bonds. The standard InChI is InChI=1S/C32H32N2O/c1-22(35)33-29-13-12-27-18-23(19-28(27)20-29)21-34-16-14-26(15-17-34)32-30-8-4-2-6-24(30)10-11-25-7-3-5-9-31(25)32/h2-13,20,23H,14-19,21H2,1H3,(H,33,35). The average Bonchev–Trinajstić information content (AvgIpc) is 3.18. The second-order valence-electron chi connectivity index (χ2n) is 10.2. The molecule has 3 aliphatic rings. The number of piperidine rings is 1. The Morgan fingerprint density at radius 1 is 0.857 bits per heavy atom. The van der Waals surface area contributed by atoms with Crippen LogP contribution < -0.4 is 5.32 Å². The third-order valence-electron chi connectivity index (χ3n) is 7.78. The molecule has 1 fully saturated rings. The van der Waals surface area contributed by atoms with E-state index in [1.54, 1.807) is 12.5 Å². The molecule has 0 radical (unpaired) electrons. The quantitative estimate of drug-likeness (QED) is 0.381. The highest BCUT2D eigenvalue weighted by Crippen LogP contribution is 2.39. The molecule has 1 saturated heterocycles. The first-order valence-corrected chi connectivity index (χ1v) is 12.8. The molecule has 0 aromatic heterocycles. The van der Waals surface area contributed by atoms with E-state index in [0.717, 1.165) is 51.0 Å². The lowest BCUT2D eigenvalue weighted by Gasteiger charge is -2.32. The molecule has 6 rings (SSSR count). The highest BCUT2D eigenvalue weighted by atomic mass is 16.1. The van der Waals surface area contributed by atoms with Crippen LogP contribution in [0.5, 0.6) is 0 Å². The highest BCUT2D eigenvalue weighted by molar-refractivity contribution is 5.95. The molecule has 176 valence electrons. The fourth-order valence-electron chi connectivity index (χ4n) is 6.19. The average molecular weight is 461 g/mol. The van der Waals surface area contributed by atoms with Crippen LogP contribution in [0, 0.1) is 5.92 Å². The Morgan fingerprint density at radius 3 is 2.14 bits per heavy atom. The Bertz CT molecular complexity index is 1290. The first kappa shape index (κ1) is 22.1. The van der Waals surface area contributed by atoms with Crippen LogP contribution in [0.1, 0.15) is 53.1 Å². The minimum absolute atomic E-state index is 0.00700. The number of hydrogen-bond donors (Lipinski definition) is 1. The maximum atomic E-state index is 11.4. The number of carbonyl (C=O) groups excluding carboxylic acids is 1. The van der Waals surface area contributed by atoms with Gasteiger partial charge in [0.2, 0.25) is 5.91 Å². The largest absolute Gasteiger partial charge is 0.326 e. The van der Waals surface area contributed by atoms with Crippen molar-refractivity contribution in [1.82, 2.24) is 4.90 Å². The van der Waals surface area contributed by atoms with E-state index in [0.29, 0.717) is 5.92 Å². The van der Waals surface area contributed by atoms with Gasteiger partial charge in [-0.3, -0.25) is 4.79 Å². The van der Waals surface area contributed by atoms with E-state index in [9.17, 15) is 4.79 Å². The van der Waals surface area contributed by atoms with Crippen molar-refractivity contribution in [2.45, 2.75) is 32.6 Å². The third-order valence-corrected chi connectivity index (χ3v) is 7.78. The molecular formula is C32H32N2O. The van der Waals surface area contributed by atoms with Gasteiger partial charge >= 0.3 is 0 Å². The summed E-state index contributed by atoms with van der Waals surface area (Å²) in [5, 5.41) is 2.93. The summed E-state index contributed by atoms with van der Waals surface area (Å²) in [4.78, 5) is 14.1. The second-order valence-corrected chi connectivity index (χ2v) is 10.2. The number of fused-ring (bicyclic) bond motifs is 3. The summed E-state index contributed by atoms with van der Waals surface area (Å²) in [5.74, 6) is 0.655. The molecular weight excluding hydrogens is 428 g/mol. The summed E-state index contributed by atoms with van der Waals surface area (Å²) < 4.78 is 0. The first-order valence-electron chi connectivity index (χ1n) is 12.8. The minimum Gasteiger partial charge on any atom is -0.326 e. The number of nitrogens with zero attached hydrogens (tertiary/aromatic N) is 1. The summed E-state index contributed by atoms with van der Waals surface area (Å²) >= 11 is 0. The van der Waals surface area contributed by atoms with Crippen LogP contribution in [0.4, 0.5) is 5.69 Å². The van der Waals surface area contributed by atoms with Crippen LogP contribution in [-0.4, -0.2) is 30.4 Å². The van der Waals surface area contributed by atoms with Crippen molar-refractivity contribution in [3.05, 3.63) is 106 Å². The predicted octanol–water partition coefficient (Wildman–Crippen LogP) is 6.44. The summed E-state index contributed by atoms with van der Waals surface area (Å²) in [6.07, 6.45) is 9.05. The normalized spacial score (nSPS) is 19.1. The molecule has 1 unspecified atom stereocenters. The Balaban J connectivity index is 1.18. The van der Waals surface area contributed by atoms with Gasteiger partial charge < -0.3 is 10.2 Å². The molecule has 0 bridgehead atoms. The van der Waals surface area contributed by atoms with E-state index >= 15 is 0 Å². The number of likely N-dealkylation sites (tertiary alicyclic amines) is 1. The molecule has 1 heterocycles. The number of anilines is 1. The van der Waals surface area contributed by atoms with E-state index in [1.165, 1.54) is 39.0 Å². The van der Waals surface area contributed by atoms with Crippen molar-refractivity contribution in [2.24, 2.45) is 5.92 Å². The van der Waals surface area contributed by atoms with Crippen molar-refractivity contribution in [3.63, 3.8) is 0 Å². The summed E-state index contributed by atoms with van der Waals surface area (Å²) in [5.41, 5.74) is 12.2. The molecule has 1 aliphatic heterocycles. The summed E-state index contributed by atoms with van der Waals surface area (Å²) in [6, 6.07) is 24.1. The maximum absolute atomic E-state index is 11.4. The van der Waals surface area contributed by atoms with Crippen LogP contribution in [0.25, 0.3) is 17.7 Å². The van der Waals surface area contributed by atoms with Gasteiger partial charge in [0.1, 0.15) is 0 Å². The van der Waals surface area contributed by atoms with Gasteiger partial charge in [0.15, 0.2) is 0 Å². The lowest BCUT2D eigenvalue weighted by Crippen LogP contribution is -2.35. The monoisotopic (exact) mass is 460 g/mol. The zero-order valence-electron chi connectivity index (χ0n) is 20.4. The van der Waals surface area contributed by atoms with Gasteiger partial charge in [-0.05, 0) is 82.7 Å². The molecule has 3 heteroatoms. The van der Waals surface area contributed by atoms with E-state index in [4.69, 9.17) is 0 Å². The van der Waals surface area contributed by atoms with Crippen molar-refractivity contribution in [3.8, 4) is 0 Å². The molecule has 35 heavy (non-hydrogen) atoms. The van der Waals surface area contributed by atoms with E-state index in [1.807, 2.05) is 6.07 Å². The molecule has 3 aromatic carbocycles. The molecule has 1 atom stereocenters. The molecule has 3 aromatic rings. The smallest absolute Gasteiger partial charge is 0.221 e. The van der Waals surface area contributed by atoms with E-state index in [-0.39, 0.29) is 5.91 Å². The number of amides is 1. The van der Waals surface area contributed by atoms with Crippen molar-refractivity contribution in [2.75, 3.05) is 25.0 Å². The minimum atomic E-state index is -0.00700. The number of carbonyl (C=O) groups is 1. The van der Waals surface area contributed by atoms with Gasteiger partial charge in [0.25, 0.3) is 0 Å². The van der Waals surface area contributed by atoms with Gasteiger partial charge in [0, 0.05) is 32.2 Å². The molecule has 2 aliphatic carbocycles. The number of nitrogens with one attached hydrogen (secondary N) is 1. The van der Waals surface area contributed by atoms with Crippen LogP contribution in [0.2, 0.25) is 0 Å². The maximum Gasteiger partial charge on any atom is 0.221 e. The van der Waals surface area contributed by atoms with Crippen LogP contribution >= 0.6 is 0 Å². The second kappa shape index (κ2) is 9.31. The van der Waals surface area contributed by atoms with Crippen LogP contribution in [0.3, 0.4) is 0 Å². The Labute approximate surface area is 208 Å². The first-order chi connectivity index (χ1) is 17.1. The Morgan fingerprint density at radius 2 is 1.49 bits per heavy atom. The van der Waals surface area contributed by atoms with Gasteiger partial charge in [-0.25, -0.2) is 0 Å². The summed E-state index contributed by atoms with van der Waals surface area (Å²) in [7, 11) is 0. The number of benzene rings is 3. The van der Waals surface area contributed by atoms with Crippen molar-refractivity contribution >= 4 is 29.3 Å².